The average Bonchev–Trinajstić information content (AvgIpc) is 2.37. The molecule has 0 saturated carbocycles. The second-order valence-corrected chi connectivity index (χ2v) is 5.24. The molecule has 0 bridgehead atoms. The van der Waals surface area contributed by atoms with Crippen LogP contribution in [-0.4, -0.2) is 74.2 Å². The Morgan fingerprint density at radius 1 is 0.727 bits per heavy atom. The normalized spacial score (nSPS) is 23.4. The number of nitrogens with zero attached hydrogens (tertiary/aromatic N) is 6. The van der Waals surface area contributed by atoms with E-state index in [-0.39, 0.29) is 12.3 Å². The van der Waals surface area contributed by atoms with E-state index in [0.717, 1.165) is 11.9 Å². The fourth-order valence-electron chi connectivity index (χ4n) is 1.63. The second-order valence-electron chi connectivity index (χ2n) is 5.24. The summed E-state index contributed by atoms with van der Waals surface area (Å²) in [5.74, 6) is 2.36. The Bertz CT molecular complexity index is 456. The van der Waals surface area contributed by atoms with Crippen LogP contribution in [0.4, 0.5) is 0 Å². The standard InChI is InChI=1S/2C6H13N5/c2*1-4-8-5(7)10-6(9-4)11(2)3/h2*4H,1-3H3,(H3,7,8,9,10)/t2*4-/m10/s1. The van der Waals surface area contributed by atoms with Crippen LogP contribution in [0.15, 0.2) is 20.0 Å². The van der Waals surface area contributed by atoms with E-state index in [1.54, 1.807) is 0 Å². The number of rotatable bonds is 0. The molecule has 0 saturated heterocycles. The first-order valence-electron chi connectivity index (χ1n) is 6.90. The third-order valence-electron chi connectivity index (χ3n) is 2.60. The Hall–Kier alpha value is -2.52. The first kappa shape index (κ1) is 17.5. The van der Waals surface area contributed by atoms with Gasteiger partial charge in [0.2, 0.25) is 11.9 Å². The lowest BCUT2D eigenvalue weighted by atomic mass is 10.5. The van der Waals surface area contributed by atoms with Gasteiger partial charge in [0.05, 0.1) is 0 Å². The Morgan fingerprint density at radius 3 is 1.27 bits per heavy atom. The Morgan fingerprint density at radius 2 is 1.05 bits per heavy atom. The van der Waals surface area contributed by atoms with Gasteiger partial charge in [-0.1, -0.05) is 0 Å². The van der Waals surface area contributed by atoms with Crippen LogP contribution in [0, 0.1) is 0 Å². The smallest absolute Gasteiger partial charge is 0.202 e. The third kappa shape index (κ3) is 5.46. The molecule has 0 amide bonds. The highest BCUT2D eigenvalue weighted by atomic mass is 15.4. The van der Waals surface area contributed by atoms with Crippen LogP contribution in [0.1, 0.15) is 13.8 Å². The van der Waals surface area contributed by atoms with Gasteiger partial charge in [0.25, 0.3) is 0 Å². The molecule has 0 radical (unpaired) electrons. The van der Waals surface area contributed by atoms with Crippen molar-refractivity contribution in [2.45, 2.75) is 26.2 Å². The predicted octanol–water partition coefficient (Wildman–Crippen LogP) is -1.66. The maximum Gasteiger partial charge on any atom is 0.202 e. The topological polar surface area (TPSA) is 132 Å². The maximum absolute atomic E-state index is 5.48. The van der Waals surface area contributed by atoms with E-state index >= 15 is 0 Å². The number of hydrogen-bond donors (Lipinski definition) is 4. The van der Waals surface area contributed by atoms with E-state index in [0.29, 0.717) is 11.9 Å². The molecule has 0 aliphatic carbocycles. The molecule has 0 spiro atoms. The summed E-state index contributed by atoms with van der Waals surface area (Å²) in [5, 5.41) is 5.70. The molecule has 22 heavy (non-hydrogen) atoms. The minimum Gasteiger partial charge on any atom is -0.370 e. The monoisotopic (exact) mass is 310 g/mol. The lowest BCUT2D eigenvalue weighted by Crippen LogP contribution is -2.47. The zero-order chi connectivity index (χ0) is 16.9. The van der Waals surface area contributed by atoms with Crippen molar-refractivity contribution in [1.29, 1.82) is 0 Å². The first-order chi connectivity index (χ1) is 10.2. The zero-order valence-corrected chi connectivity index (χ0v) is 14.0. The Balaban J connectivity index is 0.000000220. The van der Waals surface area contributed by atoms with Crippen molar-refractivity contribution >= 4 is 23.8 Å². The summed E-state index contributed by atoms with van der Waals surface area (Å²) in [5.41, 5.74) is 11.0. The van der Waals surface area contributed by atoms with Crippen LogP contribution in [0.25, 0.3) is 0 Å². The molecule has 0 fully saturated rings. The van der Waals surface area contributed by atoms with Crippen LogP contribution < -0.4 is 22.1 Å². The van der Waals surface area contributed by atoms with Gasteiger partial charge in [0.1, 0.15) is 12.3 Å². The lowest BCUT2D eigenvalue weighted by molar-refractivity contribution is 0.581. The molecule has 2 atom stereocenters. The summed E-state index contributed by atoms with van der Waals surface area (Å²) in [6, 6.07) is 0. The molecule has 6 N–H and O–H groups in total. The van der Waals surface area contributed by atoms with E-state index in [2.05, 4.69) is 30.6 Å². The highest BCUT2D eigenvalue weighted by Gasteiger charge is 2.12. The second kappa shape index (κ2) is 7.48. The summed E-state index contributed by atoms with van der Waals surface area (Å²) < 4.78 is 0. The summed E-state index contributed by atoms with van der Waals surface area (Å²) >= 11 is 0. The summed E-state index contributed by atoms with van der Waals surface area (Å²) in [6.45, 7) is 3.77. The number of aliphatic imine (C=N–C) groups is 4. The van der Waals surface area contributed by atoms with Crippen LogP contribution in [0.5, 0.6) is 0 Å². The number of nitrogens with two attached hydrogens (primary N) is 2. The van der Waals surface area contributed by atoms with Crippen LogP contribution in [-0.2, 0) is 0 Å². The van der Waals surface area contributed by atoms with E-state index in [1.165, 1.54) is 0 Å². The molecule has 0 aromatic carbocycles. The van der Waals surface area contributed by atoms with Gasteiger partial charge in [-0.05, 0) is 13.8 Å². The minimum atomic E-state index is -0.0753. The van der Waals surface area contributed by atoms with Gasteiger partial charge in [-0.3, -0.25) is 10.6 Å². The molecule has 2 aliphatic rings. The molecule has 124 valence electrons. The van der Waals surface area contributed by atoms with Crippen molar-refractivity contribution in [3.05, 3.63) is 0 Å². The molecule has 0 aromatic heterocycles. The first-order valence-corrected chi connectivity index (χ1v) is 6.90. The van der Waals surface area contributed by atoms with Crippen molar-refractivity contribution in [1.82, 2.24) is 20.4 Å². The predicted molar refractivity (Wildman–Crippen MR) is 90.7 cm³/mol. The average molecular weight is 310 g/mol. The van der Waals surface area contributed by atoms with Gasteiger partial charge in [-0.2, -0.15) is 0 Å². The molecule has 2 heterocycles. The Kier molecular flexibility index (Phi) is 5.96. The van der Waals surface area contributed by atoms with Gasteiger partial charge in [0, 0.05) is 28.2 Å². The van der Waals surface area contributed by atoms with Crippen molar-refractivity contribution < 1.29 is 0 Å². The van der Waals surface area contributed by atoms with E-state index in [1.807, 2.05) is 51.8 Å². The van der Waals surface area contributed by atoms with Gasteiger partial charge < -0.3 is 21.3 Å². The lowest BCUT2D eigenvalue weighted by Gasteiger charge is -2.21. The summed E-state index contributed by atoms with van der Waals surface area (Å²) in [7, 11) is 7.60. The molecule has 10 heteroatoms. The summed E-state index contributed by atoms with van der Waals surface area (Å²) in [4.78, 5) is 20.1. The van der Waals surface area contributed by atoms with Gasteiger partial charge in [0.15, 0.2) is 11.9 Å². The van der Waals surface area contributed by atoms with Crippen molar-refractivity contribution in [2.24, 2.45) is 31.4 Å². The molecular weight excluding hydrogens is 284 g/mol. The Labute approximate surface area is 131 Å². The van der Waals surface area contributed by atoms with Crippen LogP contribution in [0.2, 0.25) is 0 Å². The quantitative estimate of drug-likeness (QED) is 0.423. The van der Waals surface area contributed by atoms with Crippen LogP contribution in [0.3, 0.4) is 0 Å². The minimum absolute atomic E-state index is 0.0753. The van der Waals surface area contributed by atoms with Gasteiger partial charge in [-0.15, -0.1) is 0 Å². The maximum atomic E-state index is 5.48. The zero-order valence-electron chi connectivity index (χ0n) is 14.0. The SMILES string of the molecule is C[C@@H]1N=C(N)NC(N(C)C)=N1.C[C@H]1N=C(N)NC(N(C)C)=N1. The van der Waals surface area contributed by atoms with Gasteiger partial charge in [-0.25, -0.2) is 20.0 Å². The highest BCUT2D eigenvalue weighted by Crippen LogP contribution is 1.98. The van der Waals surface area contributed by atoms with Crippen molar-refractivity contribution in [3.63, 3.8) is 0 Å². The van der Waals surface area contributed by atoms with Gasteiger partial charge >= 0.3 is 0 Å². The molecule has 2 rings (SSSR count). The largest absolute Gasteiger partial charge is 0.370 e. The molecular formula is C12H26N10. The molecule has 10 nitrogen and oxygen atoms in total. The molecule has 0 unspecified atom stereocenters. The van der Waals surface area contributed by atoms with E-state index < -0.39 is 0 Å². The number of hydrogen-bond acceptors (Lipinski definition) is 10. The summed E-state index contributed by atoms with van der Waals surface area (Å²) in [6.07, 6.45) is -0.151. The van der Waals surface area contributed by atoms with E-state index in [9.17, 15) is 0 Å². The fraction of sp³-hybridized carbons (Fsp3) is 0.667. The van der Waals surface area contributed by atoms with E-state index in [4.69, 9.17) is 11.5 Å². The third-order valence-corrected chi connectivity index (χ3v) is 2.60. The fourth-order valence-corrected chi connectivity index (χ4v) is 1.63. The molecule has 2 aliphatic heterocycles. The number of guanidine groups is 4. The molecule has 0 aromatic rings. The highest BCUT2D eigenvalue weighted by molar-refractivity contribution is 5.99. The van der Waals surface area contributed by atoms with Crippen molar-refractivity contribution in [3.8, 4) is 0 Å². The number of nitrogens with one attached hydrogen (secondary N) is 2. The van der Waals surface area contributed by atoms with Crippen LogP contribution >= 0.6 is 0 Å². The van der Waals surface area contributed by atoms with Crippen molar-refractivity contribution in [2.75, 3.05) is 28.2 Å².